The predicted octanol–water partition coefficient (Wildman–Crippen LogP) is 5.18. The van der Waals surface area contributed by atoms with Gasteiger partial charge >= 0.3 is 0 Å². The van der Waals surface area contributed by atoms with Crippen molar-refractivity contribution in [3.8, 4) is 11.6 Å². The van der Waals surface area contributed by atoms with Crippen molar-refractivity contribution in [2.75, 3.05) is 0 Å². The van der Waals surface area contributed by atoms with E-state index >= 15 is 0 Å². The molecular weight excluding hydrogens is 524 g/mol. The average molecular weight is 553 g/mol. The van der Waals surface area contributed by atoms with Crippen LogP contribution in [0.25, 0.3) is 11.6 Å². The first-order valence-corrected chi connectivity index (χ1v) is 13.9. The highest BCUT2D eigenvalue weighted by Crippen LogP contribution is 2.30. The van der Waals surface area contributed by atoms with E-state index in [1.807, 2.05) is 48.7 Å². The lowest BCUT2D eigenvalue weighted by Gasteiger charge is -2.32. The number of hydrogen-bond donors (Lipinski definition) is 1. The van der Waals surface area contributed by atoms with Crippen LogP contribution >= 0.6 is 22.9 Å². The zero-order valence-corrected chi connectivity index (χ0v) is 22.6. The molecule has 1 atom stereocenters. The van der Waals surface area contributed by atoms with E-state index in [1.54, 1.807) is 17.0 Å². The van der Waals surface area contributed by atoms with E-state index in [-0.39, 0.29) is 36.8 Å². The molecule has 11 heteroatoms. The number of nitrogens with zero attached hydrogens (tertiary/aromatic N) is 5. The highest BCUT2D eigenvalue weighted by atomic mass is 35.5. The van der Waals surface area contributed by atoms with Gasteiger partial charge in [0.1, 0.15) is 18.3 Å². The molecule has 0 saturated heterocycles. The minimum absolute atomic E-state index is 0.104. The molecule has 1 saturated carbocycles. The van der Waals surface area contributed by atoms with Gasteiger partial charge < -0.3 is 14.6 Å². The number of furan rings is 1. The summed E-state index contributed by atoms with van der Waals surface area (Å²) in [4.78, 5) is 31.2. The molecule has 9 nitrogen and oxygen atoms in total. The molecule has 3 aromatic heterocycles. The second kappa shape index (κ2) is 11.9. The average Bonchev–Trinajstić information content (AvgIpc) is 3.68. The van der Waals surface area contributed by atoms with Gasteiger partial charge in [0, 0.05) is 22.5 Å². The van der Waals surface area contributed by atoms with Gasteiger partial charge in [-0.1, -0.05) is 55.1 Å². The zero-order chi connectivity index (χ0) is 26.5. The van der Waals surface area contributed by atoms with E-state index in [4.69, 9.17) is 16.0 Å². The maximum atomic E-state index is 13.9. The largest absolute Gasteiger partial charge is 0.458 e. The number of thiophene rings is 1. The van der Waals surface area contributed by atoms with Crippen LogP contribution in [0.4, 0.5) is 0 Å². The van der Waals surface area contributed by atoms with Crippen LogP contribution in [0.15, 0.2) is 58.3 Å². The molecule has 0 aliphatic heterocycles. The first-order valence-electron chi connectivity index (χ1n) is 12.7. The number of hydrogen-bond acceptors (Lipinski definition) is 7. The Balaban J connectivity index is 1.44. The third-order valence-electron chi connectivity index (χ3n) is 6.63. The lowest BCUT2D eigenvalue weighted by molar-refractivity contribution is -0.142. The summed E-state index contributed by atoms with van der Waals surface area (Å²) in [7, 11) is 0. The van der Waals surface area contributed by atoms with Gasteiger partial charge in [-0.05, 0) is 60.2 Å². The topological polar surface area (TPSA) is 106 Å². The lowest BCUT2D eigenvalue weighted by Crippen LogP contribution is -2.47. The van der Waals surface area contributed by atoms with Crippen LogP contribution in [-0.2, 0) is 22.7 Å². The summed E-state index contributed by atoms with van der Waals surface area (Å²) in [5, 5.41) is 18.1. The number of aryl methyl sites for hydroxylation is 1. The highest BCUT2D eigenvalue weighted by molar-refractivity contribution is 7.10. The van der Waals surface area contributed by atoms with Crippen molar-refractivity contribution in [2.45, 2.75) is 64.2 Å². The number of rotatable bonds is 9. The molecule has 5 rings (SSSR count). The Bertz CT molecular complexity index is 1380. The van der Waals surface area contributed by atoms with Gasteiger partial charge in [0.05, 0.1) is 0 Å². The summed E-state index contributed by atoms with van der Waals surface area (Å²) < 4.78 is 5.58. The van der Waals surface area contributed by atoms with E-state index in [0.29, 0.717) is 10.8 Å². The van der Waals surface area contributed by atoms with Crippen molar-refractivity contribution in [1.82, 2.24) is 30.4 Å². The number of amides is 2. The summed E-state index contributed by atoms with van der Waals surface area (Å²) >= 11 is 7.93. The molecule has 1 unspecified atom stereocenters. The van der Waals surface area contributed by atoms with Crippen LogP contribution in [0.2, 0.25) is 5.02 Å². The van der Waals surface area contributed by atoms with Crippen LogP contribution in [0, 0.1) is 6.92 Å². The maximum absolute atomic E-state index is 13.9. The molecule has 3 heterocycles. The van der Waals surface area contributed by atoms with Gasteiger partial charge in [0.25, 0.3) is 0 Å². The molecule has 1 aromatic carbocycles. The maximum Gasteiger partial charge on any atom is 0.248 e. The molecule has 1 N–H and O–H groups in total. The van der Waals surface area contributed by atoms with Gasteiger partial charge in [-0.15, -0.1) is 21.5 Å². The molecule has 2 amide bonds. The Morgan fingerprint density at radius 1 is 1.16 bits per heavy atom. The van der Waals surface area contributed by atoms with Gasteiger partial charge in [-0.25, -0.2) is 0 Å². The molecule has 1 aliphatic carbocycles. The second-order valence-corrected chi connectivity index (χ2v) is 10.8. The van der Waals surface area contributed by atoms with Crippen molar-refractivity contribution in [2.24, 2.45) is 0 Å². The fraction of sp³-hybridized carbons (Fsp3) is 0.370. The molecule has 1 fully saturated rings. The Kier molecular flexibility index (Phi) is 8.19. The lowest BCUT2D eigenvalue weighted by atomic mass is 9.95. The van der Waals surface area contributed by atoms with Crippen molar-refractivity contribution >= 4 is 34.8 Å². The summed E-state index contributed by atoms with van der Waals surface area (Å²) in [6.45, 7) is 1.78. The minimum atomic E-state index is -0.823. The van der Waals surface area contributed by atoms with Gasteiger partial charge in [-0.2, -0.15) is 4.80 Å². The van der Waals surface area contributed by atoms with Crippen molar-refractivity contribution < 1.29 is 14.0 Å². The molecule has 0 bridgehead atoms. The number of benzene rings is 1. The molecule has 0 spiro atoms. The monoisotopic (exact) mass is 552 g/mol. The molecular formula is C27H29ClN6O3S. The van der Waals surface area contributed by atoms with E-state index in [2.05, 4.69) is 20.7 Å². The third-order valence-corrected chi connectivity index (χ3v) is 7.93. The number of carbonyl (C=O) groups is 2. The normalized spacial score (nSPS) is 14.8. The van der Waals surface area contributed by atoms with Crippen LogP contribution in [-0.4, -0.2) is 43.0 Å². The standard InChI is InChI=1S/C27H29ClN6O3S/c1-18-13-14-22(37-18)26-30-32-34(31-26)17-24(35)33(16-19-8-5-6-11-21(19)28)25(23-12-7-15-38-23)27(36)29-20-9-3-2-4-10-20/h5-8,11-15,20,25H,2-4,9-10,16-17H2,1H3,(H,29,36). The molecule has 0 radical (unpaired) electrons. The van der Waals surface area contributed by atoms with Crippen molar-refractivity contribution in [3.05, 3.63) is 75.1 Å². The quantitative estimate of drug-likeness (QED) is 0.307. The van der Waals surface area contributed by atoms with Gasteiger partial charge in [0.2, 0.25) is 17.6 Å². The third kappa shape index (κ3) is 6.14. The SMILES string of the molecule is Cc1ccc(-c2nnn(CC(=O)N(Cc3ccccc3Cl)C(C(=O)NC3CCCCC3)c3cccs3)n2)o1. The van der Waals surface area contributed by atoms with Crippen molar-refractivity contribution in [3.63, 3.8) is 0 Å². The first-order chi connectivity index (χ1) is 18.5. The van der Waals surface area contributed by atoms with Crippen LogP contribution < -0.4 is 5.32 Å². The summed E-state index contributed by atoms with van der Waals surface area (Å²) in [5.74, 6) is 0.951. The molecule has 4 aromatic rings. The highest BCUT2D eigenvalue weighted by Gasteiger charge is 2.34. The second-order valence-electron chi connectivity index (χ2n) is 9.43. The fourth-order valence-electron chi connectivity index (χ4n) is 4.71. The smallest absolute Gasteiger partial charge is 0.248 e. The van der Waals surface area contributed by atoms with Crippen LogP contribution in [0.3, 0.4) is 0 Å². The minimum Gasteiger partial charge on any atom is -0.458 e. The fourth-order valence-corrected chi connectivity index (χ4v) is 5.74. The summed E-state index contributed by atoms with van der Waals surface area (Å²) in [6, 6.07) is 13.9. The van der Waals surface area contributed by atoms with E-state index in [1.165, 1.54) is 22.6 Å². The number of aromatic nitrogens is 4. The first kappa shape index (κ1) is 26.1. The zero-order valence-electron chi connectivity index (χ0n) is 21.0. The number of halogens is 1. The molecule has 38 heavy (non-hydrogen) atoms. The number of tetrazole rings is 1. The van der Waals surface area contributed by atoms with E-state index in [0.717, 1.165) is 41.9 Å². The van der Waals surface area contributed by atoms with Gasteiger partial charge in [-0.3, -0.25) is 9.59 Å². The summed E-state index contributed by atoms with van der Waals surface area (Å²) in [5.41, 5.74) is 0.743. The van der Waals surface area contributed by atoms with Crippen LogP contribution in [0.5, 0.6) is 0 Å². The van der Waals surface area contributed by atoms with Crippen molar-refractivity contribution in [1.29, 1.82) is 0 Å². The predicted molar refractivity (Wildman–Crippen MR) is 144 cm³/mol. The van der Waals surface area contributed by atoms with E-state index in [9.17, 15) is 9.59 Å². The number of nitrogens with one attached hydrogen (secondary N) is 1. The Morgan fingerprint density at radius 3 is 2.68 bits per heavy atom. The number of carbonyl (C=O) groups excluding carboxylic acids is 2. The molecule has 1 aliphatic rings. The molecule has 198 valence electrons. The Morgan fingerprint density at radius 2 is 1.97 bits per heavy atom. The van der Waals surface area contributed by atoms with Gasteiger partial charge in [0.15, 0.2) is 5.76 Å². The Hall–Kier alpha value is -3.50. The summed E-state index contributed by atoms with van der Waals surface area (Å²) in [6.07, 6.45) is 5.25. The van der Waals surface area contributed by atoms with E-state index < -0.39 is 6.04 Å². The van der Waals surface area contributed by atoms with Crippen LogP contribution in [0.1, 0.15) is 54.3 Å². The Labute approximate surface area is 229 Å².